The zero-order chi connectivity index (χ0) is 8.27. The Labute approximate surface area is 64.8 Å². The van der Waals surface area contributed by atoms with Crippen molar-refractivity contribution in [3.8, 4) is 0 Å². The molecule has 0 bridgehead atoms. The molecule has 0 spiro atoms. The predicted octanol–water partition coefficient (Wildman–Crippen LogP) is 0.309. The predicted molar refractivity (Wildman–Crippen MR) is 40.4 cm³/mol. The molecule has 0 unspecified atom stereocenters. The van der Waals surface area contributed by atoms with Crippen LogP contribution in [-0.4, -0.2) is 22.6 Å². The zero-order valence-corrected chi connectivity index (χ0v) is 6.24. The zero-order valence-electron chi connectivity index (χ0n) is 6.24. The summed E-state index contributed by atoms with van der Waals surface area (Å²) in [6.45, 7) is 1.90. The van der Waals surface area contributed by atoms with E-state index in [1.165, 1.54) is 5.01 Å². The second-order valence-electron chi connectivity index (χ2n) is 2.35. The van der Waals surface area contributed by atoms with Crippen LogP contribution in [0.3, 0.4) is 0 Å². The molecule has 1 heterocycles. The summed E-state index contributed by atoms with van der Waals surface area (Å²) in [6, 6.07) is 0. The molecule has 4 heteroatoms. The quantitative estimate of drug-likeness (QED) is 0.601. The van der Waals surface area contributed by atoms with E-state index >= 15 is 0 Å². The number of nitrogens with one attached hydrogen (secondary N) is 1. The van der Waals surface area contributed by atoms with Crippen molar-refractivity contribution >= 4 is 5.97 Å². The summed E-state index contributed by atoms with van der Waals surface area (Å²) < 4.78 is 0. The molecule has 1 aliphatic rings. The Morgan fingerprint density at radius 1 is 1.82 bits per heavy atom. The third-order valence-corrected chi connectivity index (χ3v) is 1.28. The molecule has 0 saturated heterocycles. The first-order chi connectivity index (χ1) is 5.18. The molecule has 1 rings (SSSR count). The van der Waals surface area contributed by atoms with Gasteiger partial charge in [0.2, 0.25) is 0 Å². The number of hydrazine groups is 1. The fourth-order valence-corrected chi connectivity index (χ4v) is 0.727. The summed E-state index contributed by atoms with van der Waals surface area (Å²) in [5.74, 6) is -0.852. The first-order valence-corrected chi connectivity index (χ1v) is 3.28. The highest BCUT2D eigenvalue weighted by Crippen LogP contribution is 2.00. The molecule has 2 N–H and O–H groups in total. The summed E-state index contributed by atoms with van der Waals surface area (Å²) in [6.07, 6.45) is 5.30. The fraction of sp³-hybridized carbons (Fsp3) is 0.286. The molecule has 1 aliphatic heterocycles. The molecular formula is C7H10N2O2. The van der Waals surface area contributed by atoms with Gasteiger partial charge in [-0.1, -0.05) is 0 Å². The van der Waals surface area contributed by atoms with E-state index < -0.39 is 5.97 Å². The van der Waals surface area contributed by atoms with Crippen LogP contribution in [0.15, 0.2) is 24.0 Å². The van der Waals surface area contributed by atoms with Gasteiger partial charge in [0.25, 0.3) is 0 Å². The van der Waals surface area contributed by atoms with Crippen LogP contribution in [0.5, 0.6) is 0 Å². The van der Waals surface area contributed by atoms with Crippen molar-refractivity contribution in [2.24, 2.45) is 0 Å². The molecule has 0 radical (unpaired) electrons. The highest BCUT2D eigenvalue weighted by Gasteiger charge is 2.04. The van der Waals surface area contributed by atoms with Gasteiger partial charge >= 0.3 is 5.97 Å². The number of carboxylic acid groups (broad SMARTS) is 1. The lowest BCUT2D eigenvalue weighted by Crippen LogP contribution is -2.35. The first-order valence-electron chi connectivity index (χ1n) is 3.28. The van der Waals surface area contributed by atoms with Gasteiger partial charge in [0.05, 0.1) is 0 Å². The Morgan fingerprint density at radius 2 is 2.55 bits per heavy atom. The summed E-state index contributed by atoms with van der Waals surface area (Å²) in [4.78, 5) is 10.2. The molecule has 0 atom stereocenters. The molecule has 0 aromatic carbocycles. The average molecular weight is 154 g/mol. The number of carboxylic acids is 1. The molecule has 0 amide bonds. The Balaban J connectivity index is 2.43. The van der Waals surface area contributed by atoms with Gasteiger partial charge in [-0.3, -0.25) is 9.80 Å². The van der Waals surface area contributed by atoms with Crippen molar-refractivity contribution in [1.29, 1.82) is 0 Å². The normalized spacial score (nSPS) is 15.7. The maximum Gasteiger partial charge on any atom is 0.325 e. The Morgan fingerprint density at radius 3 is 3.00 bits per heavy atom. The summed E-state index contributed by atoms with van der Waals surface area (Å²) in [5.41, 5.74) is 3.88. The van der Waals surface area contributed by atoms with Crippen LogP contribution in [0.2, 0.25) is 0 Å². The molecule has 0 saturated carbocycles. The number of rotatable bonds is 2. The number of carbonyl (C=O) groups is 1. The molecule has 0 fully saturated rings. The average Bonchev–Trinajstić information content (AvgIpc) is 1.93. The van der Waals surface area contributed by atoms with Crippen molar-refractivity contribution in [3.63, 3.8) is 0 Å². The van der Waals surface area contributed by atoms with Gasteiger partial charge in [0.1, 0.15) is 6.54 Å². The van der Waals surface area contributed by atoms with E-state index in [-0.39, 0.29) is 6.54 Å². The van der Waals surface area contributed by atoms with Gasteiger partial charge in [-0.25, -0.2) is 0 Å². The molecule has 0 aliphatic carbocycles. The van der Waals surface area contributed by atoms with Crippen molar-refractivity contribution in [1.82, 2.24) is 10.4 Å². The van der Waals surface area contributed by atoms with Crippen molar-refractivity contribution in [2.75, 3.05) is 6.54 Å². The van der Waals surface area contributed by atoms with Crippen molar-refractivity contribution in [3.05, 3.63) is 24.0 Å². The number of allylic oxidation sites excluding steroid dienone is 2. The van der Waals surface area contributed by atoms with E-state index in [4.69, 9.17) is 5.11 Å². The van der Waals surface area contributed by atoms with Crippen molar-refractivity contribution in [2.45, 2.75) is 6.92 Å². The molecule has 4 nitrogen and oxygen atoms in total. The van der Waals surface area contributed by atoms with E-state index in [1.54, 1.807) is 12.4 Å². The molecule has 11 heavy (non-hydrogen) atoms. The molecule has 0 aromatic rings. The van der Waals surface area contributed by atoms with Crippen LogP contribution < -0.4 is 5.43 Å². The Bertz CT molecular complexity index is 220. The van der Waals surface area contributed by atoms with Gasteiger partial charge in [-0.2, -0.15) is 0 Å². The maximum absolute atomic E-state index is 10.2. The van der Waals surface area contributed by atoms with Crippen LogP contribution >= 0.6 is 0 Å². The SMILES string of the molecule is CC1=CNN(CC(=O)O)C=C1. The summed E-state index contributed by atoms with van der Waals surface area (Å²) in [5, 5.41) is 9.89. The van der Waals surface area contributed by atoms with E-state index in [2.05, 4.69) is 5.43 Å². The Hall–Kier alpha value is -1.45. The maximum atomic E-state index is 10.2. The number of nitrogens with zero attached hydrogens (tertiary/aromatic N) is 1. The van der Waals surface area contributed by atoms with E-state index in [0.29, 0.717) is 0 Å². The van der Waals surface area contributed by atoms with Crippen LogP contribution in [0.1, 0.15) is 6.92 Å². The lowest BCUT2D eigenvalue weighted by Gasteiger charge is -2.20. The van der Waals surface area contributed by atoms with Gasteiger partial charge in [-0.05, 0) is 18.6 Å². The number of hydrogen-bond acceptors (Lipinski definition) is 3. The van der Waals surface area contributed by atoms with Crippen molar-refractivity contribution < 1.29 is 9.90 Å². The third-order valence-electron chi connectivity index (χ3n) is 1.28. The lowest BCUT2D eigenvalue weighted by molar-refractivity contribution is -0.138. The fourth-order valence-electron chi connectivity index (χ4n) is 0.727. The second-order valence-corrected chi connectivity index (χ2v) is 2.35. The molecule has 60 valence electrons. The van der Waals surface area contributed by atoms with E-state index in [0.717, 1.165) is 5.57 Å². The van der Waals surface area contributed by atoms with Gasteiger partial charge < -0.3 is 10.5 Å². The standard InChI is InChI=1S/C7H10N2O2/c1-6-2-3-9(8-4-6)5-7(10)11/h2-4,8H,5H2,1H3,(H,10,11). The Kier molecular flexibility index (Phi) is 2.15. The van der Waals surface area contributed by atoms with E-state index in [1.807, 2.05) is 13.0 Å². The second kappa shape index (κ2) is 3.09. The first kappa shape index (κ1) is 7.65. The van der Waals surface area contributed by atoms with Crippen LogP contribution in [0.4, 0.5) is 0 Å². The highest BCUT2D eigenvalue weighted by atomic mass is 16.4. The smallest absolute Gasteiger partial charge is 0.325 e. The minimum Gasteiger partial charge on any atom is -0.480 e. The highest BCUT2D eigenvalue weighted by molar-refractivity contribution is 5.69. The summed E-state index contributed by atoms with van der Waals surface area (Å²) >= 11 is 0. The van der Waals surface area contributed by atoms with Crippen LogP contribution in [0, 0.1) is 0 Å². The third kappa shape index (κ3) is 2.33. The van der Waals surface area contributed by atoms with Gasteiger partial charge in [0, 0.05) is 12.4 Å². The molecular weight excluding hydrogens is 144 g/mol. The van der Waals surface area contributed by atoms with E-state index in [9.17, 15) is 4.79 Å². The minimum atomic E-state index is -0.852. The lowest BCUT2D eigenvalue weighted by atomic mass is 10.3. The topological polar surface area (TPSA) is 52.6 Å². The minimum absolute atomic E-state index is 0.0275. The van der Waals surface area contributed by atoms with Gasteiger partial charge in [-0.15, -0.1) is 0 Å². The molecule has 0 aromatic heterocycles. The summed E-state index contributed by atoms with van der Waals surface area (Å²) in [7, 11) is 0. The number of hydrogen-bond donors (Lipinski definition) is 2. The number of aliphatic carboxylic acids is 1. The monoisotopic (exact) mass is 154 g/mol. The largest absolute Gasteiger partial charge is 0.480 e. The van der Waals surface area contributed by atoms with Crippen LogP contribution in [-0.2, 0) is 4.79 Å². The van der Waals surface area contributed by atoms with Crippen LogP contribution in [0.25, 0.3) is 0 Å². The van der Waals surface area contributed by atoms with Gasteiger partial charge in [0.15, 0.2) is 0 Å².